The Morgan fingerprint density at radius 2 is 1.83 bits per heavy atom. The summed E-state index contributed by atoms with van der Waals surface area (Å²) in [4.78, 5) is 29.9. The van der Waals surface area contributed by atoms with Crippen molar-refractivity contribution in [1.29, 1.82) is 0 Å². The van der Waals surface area contributed by atoms with E-state index in [2.05, 4.69) is 27.3 Å². The highest BCUT2D eigenvalue weighted by Crippen LogP contribution is 2.23. The Bertz CT molecular complexity index is 1210. The van der Waals surface area contributed by atoms with E-state index in [0.29, 0.717) is 35.2 Å². The second kappa shape index (κ2) is 12.5. The highest BCUT2D eigenvalue weighted by Gasteiger charge is 2.16. The number of pyridine rings is 1. The first-order valence-corrected chi connectivity index (χ1v) is 11.1. The third-order valence-corrected chi connectivity index (χ3v) is 5.17. The summed E-state index contributed by atoms with van der Waals surface area (Å²) in [5.41, 5.74) is 2.63. The third kappa shape index (κ3) is 7.49. The minimum Gasteiger partial charge on any atom is -0.383 e. The van der Waals surface area contributed by atoms with Crippen molar-refractivity contribution in [3.8, 4) is 0 Å². The van der Waals surface area contributed by atoms with Gasteiger partial charge in [-0.3, -0.25) is 14.6 Å². The largest absolute Gasteiger partial charge is 0.383 e. The molecule has 0 fully saturated rings. The molecule has 9 heteroatoms. The van der Waals surface area contributed by atoms with Crippen molar-refractivity contribution in [3.05, 3.63) is 94.6 Å². The van der Waals surface area contributed by atoms with Crippen LogP contribution in [0.5, 0.6) is 0 Å². The van der Waals surface area contributed by atoms with E-state index >= 15 is 0 Å². The zero-order valence-electron chi connectivity index (χ0n) is 19.5. The lowest BCUT2D eigenvalue weighted by molar-refractivity contribution is 0.102. The van der Waals surface area contributed by atoms with Gasteiger partial charge in [-0.2, -0.15) is 5.10 Å². The average Bonchev–Trinajstić information content (AvgIpc) is 2.87. The van der Waals surface area contributed by atoms with Crippen molar-refractivity contribution in [1.82, 2.24) is 9.99 Å². The lowest BCUT2D eigenvalue weighted by atomic mass is 10.1. The van der Waals surface area contributed by atoms with Gasteiger partial charge in [0.25, 0.3) is 11.8 Å². The number of hydrazone groups is 1. The first-order chi connectivity index (χ1) is 16.9. The molecule has 0 atom stereocenters. The van der Waals surface area contributed by atoms with Gasteiger partial charge in [0.1, 0.15) is 5.82 Å². The summed E-state index contributed by atoms with van der Waals surface area (Å²) >= 11 is 6.11. The minimum atomic E-state index is -0.453. The van der Waals surface area contributed by atoms with Crippen molar-refractivity contribution in [2.75, 3.05) is 37.9 Å². The van der Waals surface area contributed by atoms with Crippen LogP contribution in [0, 0.1) is 0 Å². The molecule has 0 saturated heterocycles. The summed E-state index contributed by atoms with van der Waals surface area (Å²) in [5, 5.41) is 11.9. The number of hydrogen-bond acceptors (Lipinski definition) is 6. The molecule has 0 spiro atoms. The average molecular weight is 492 g/mol. The number of carbonyl (C=O) groups is 2. The molecule has 180 valence electrons. The van der Waals surface area contributed by atoms with Gasteiger partial charge in [-0.05, 0) is 53.6 Å². The van der Waals surface area contributed by atoms with Gasteiger partial charge in [0.15, 0.2) is 0 Å². The zero-order valence-corrected chi connectivity index (χ0v) is 20.2. The Balaban J connectivity index is 1.70. The molecule has 0 aliphatic rings. The molecule has 0 saturated carbocycles. The number of rotatable bonds is 10. The Kier molecular flexibility index (Phi) is 9.11. The van der Waals surface area contributed by atoms with Crippen LogP contribution in [-0.2, 0) is 4.74 Å². The Morgan fingerprint density at radius 3 is 2.49 bits per heavy atom. The number of nitrogens with zero attached hydrogens (tertiary/aromatic N) is 3. The molecule has 1 heterocycles. The van der Waals surface area contributed by atoms with Crippen LogP contribution in [0.1, 0.15) is 31.8 Å². The minimum absolute atomic E-state index is 0.211. The maximum absolute atomic E-state index is 12.9. The standard InChI is InChI=1S/C26H26ClN5O3/c1-4-18-7-12-24(28-16-18)31-26(34)22-15-21(27)10-11-23(22)30-25(33)20-8-5-19(6-9-20)17-29-32(2)13-14-35-3/h4-12,15-17H,1,13-14H2,2-3H3,(H,30,33)(H,28,31,34). The Hall–Kier alpha value is -4.01. The second-order valence-corrected chi connectivity index (χ2v) is 7.96. The van der Waals surface area contributed by atoms with Crippen molar-refractivity contribution in [2.45, 2.75) is 0 Å². The summed E-state index contributed by atoms with van der Waals surface area (Å²) in [7, 11) is 3.49. The number of ether oxygens (including phenoxy) is 1. The van der Waals surface area contributed by atoms with Crippen LogP contribution in [0.15, 0.2) is 72.5 Å². The predicted octanol–water partition coefficient (Wildman–Crippen LogP) is 4.79. The van der Waals surface area contributed by atoms with Gasteiger partial charge < -0.3 is 15.4 Å². The Morgan fingerprint density at radius 1 is 1.09 bits per heavy atom. The zero-order chi connectivity index (χ0) is 25.2. The highest BCUT2D eigenvalue weighted by molar-refractivity contribution is 6.31. The number of nitrogens with one attached hydrogen (secondary N) is 2. The van der Waals surface area contributed by atoms with Crippen molar-refractivity contribution in [2.24, 2.45) is 5.10 Å². The van der Waals surface area contributed by atoms with E-state index in [0.717, 1.165) is 11.1 Å². The highest BCUT2D eigenvalue weighted by atomic mass is 35.5. The molecule has 0 unspecified atom stereocenters. The van der Waals surface area contributed by atoms with Crippen LogP contribution in [0.2, 0.25) is 5.02 Å². The van der Waals surface area contributed by atoms with E-state index in [9.17, 15) is 9.59 Å². The van der Waals surface area contributed by atoms with Gasteiger partial charge in [0.05, 0.1) is 30.6 Å². The van der Waals surface area contributed by atoms with Crippen LogP contribution in [0.4, 0.5) is 11.5 Å². The van der Waals surface area contributed by atoms with E-state index in [1.54, 1.807) is 79.1 Å². The van der Waals surface area contributed by atoms with Gasteiger partial charge in [-0.15, -0.1) is 0 Å². The number of anilines is 2. The summed E-state index contributed by atoms with van der Waals surface area (Å²) < 4.78 is 5.02. The van der Waals surface area contributed by atoms with Crippen LogP contribution < -0.4 is 10.6 Å². The van der Waals surface area contributed by atoms with E-state index < -0.39 is 5.91 Å². The number of carbonyl (C=O) groups excluding carboxylic acids is 2. The lowest BCUT2D eigenvalue weighted by Crippen LogP contribution is -2.19. The fourth-order valence-corrected chi connectivity index (χ4v) is 3.13. The van der Waals surface area contributed by atoms with Gasteiger partial charge in [-0.25, -0.2) is 4.98 Å². The molecule has 0 aliphatic heterocycles. The summed E-state index contributed by atoms with van der Waals surface area (Å²) in [6.45, 7) is 4.93. The van der Waals surface area contributed by atoms with Gasteiger partial charge in [0.2, 0.25) is 0 Å². The maximum Gasteiger partial charge on any atom is 0.258 e. The van der Waals surface area contributed by atoms with E-state index in [1.165, 1.54) is 6.07 Å². The fourth-order valence-electron chi connectivity index (χ4n) is 2.96. The Labute approximate surface area is 209 Å². The molecule has 0 radical (unpaired) electrons. The van der Waals surface area contributed by atoms with Crippen LogP contribution in [0.25, 0.3) is 6.08 Å². The number of benzene rings is 2. The van der Waals surface area contributed by atoms with E-state index in [4.69, 9.17) is 16.3 Å². The monoisotopic (exact) mass is 491 g/mol. The number of likely N-dealkylation sites (N-methyl/N-ethyl adjacent to an activating group) is 1. The van der Waals surface area contributed by atoms with Crippen molar-refractivity contribution < 1.29 is 14.3 Å². The molecular formula is C26H26ClN5O3. The van der Waals surface area contributed by atoms with Crippen LogP contribution in [-0.4, -0.2) is 55.3 Å². The molecule has 2 N–H and O–H groups in total. The summed E-state index contributed by atoms with van der Waals surface area (Å²) in [6, 6.07) is 15.1. The molecular weight excluding hydrogens is 466 g/mol. The van der Waals surface area contributed by atoms with E-state index in [1.807, 2.05) is 7.05 Å². The van der Waals surface area contributed by atoms with Crippen molar-refractivity contribution in [3.63, 3.8) is 0 Å². The van der Waals surface area contributed by atoms with Gasteiger partial charge >= 0.3 is 0 Å². The predicted molar refractivity (Wildman–Crippen MR) is 140 cm³/mol. The normalized spacial score (nSPS) is 10.7. The molecule has 3 aromatic rings. The number of amides is 2. The molecule has 0 bridgehead atoms. The molecule has 35 heavy (non-hydrogen) atoms. The first kappa shape index (κ1) is 25.6. The number of halogens is 1. The summed E-state index contributed by atoms with van der Waals surface area (Å²) in [6.07, 6.45) is 4.95. The number of methoxy groups -OCH3 is 1. The molecule has 2 amide bonds. The molecule has 3 rings (SSSR count). The first-order valence-electron chi connectivity index (χ1n) is 10.7. The maximum atomic E-state index is 12.9. The third-order valence-electron chi connectivity index (χ3n) is 4.93. The second-order valence-electron chi connectivity index (χ2n) is 7.52. The fraction of sp³-hybridized carbons (Fsp3) is 0.154. The molecule has 2 aromatic carbocycles. The molecule has 8 nitrogen and oxygen atoms in total. The SMILES string of the molecule is C=Cc1ccc(NC(=O)c2cc(Cl)ccc2NC(=O)c2ccc(C=NN(C)CCOC)cc2)nc1. The van der Waals surface area contributed by atoms with Crippen LogP contribution >= 0.6 is 11.6 Å². The van der Waals surface area contributed by atoms with Crippen LogP contribution in [0.3, 0.4) is 0 Å². The topological polar surface area (TPSA) is 95.9 Å². The molecule has 1 aromatic heterocycles. The quantitative estimate of drug-likeness (QED) is 0.314. The van der Waals surface area contributed by atoms with Crippen molar-refractivity contribution >= 4 is 47.2 Å². The summed E-state index contributed by atoms with van der Waals surface area (Å²) in [5.74, 6) is -0.454. The van der Waals surface area contributed by atoms with Gasteiger partial charge in [0, 0.05) is 30.9 Å². The lowest BCUT2D eigenvalue weighted by Gasteiger charge is -2.12. The van der Waals surface area contributed by atoms with Gasteiger partial charge in [-0.1, -0.05) is 36.4 Å². The smallest absolute Gasteiger partial charge is 0.258 e. The van der Waals surface area contributed by atoms with E-state index in [-0.39, 0.29) is 11.5 Å². The molecule has 0 aliphatic carbocycles. The number of hydrogen-bond donors (Lipinski definition) is 2. The number of aromatic nitrogens is 1.